The number of likely N-dealkylation sites (tertiary alicyclic amines) is 1. The predicted molar refractivity (Wildman–Crippen MR) is 112 cm³/mol. The van der Waals surface area contributed by atoms with Crippen LogP contribution in [0.15, 0.2) is 18.2 Å². The van der Waals surface area contributed by atoms with Gasteiger partial charge in [-0.2, -0.15) is 0 Å². The third-order valence-corrected chi connectivity index (χ3v) is 4.52. The molecule has 1 aromatic rings. The molecule has 13 heteroatoms. The lowest BCUT2D eigenvalue weighted by Crippen LogP contribution is -2.48. The average Bonchev–Trinajstić information content (AvgIpc) is 2.74. The Morgan fingerprint density at radius 2 is 1.71 bits per heavy atom. The standard InChI is InChI=1S/C19H24F4N2O5.C2H4O2/c20-16(21)10-29-13-4-5-15(30-11-17(22)23)14(7-13)19(28)24-8-12-3-1-2-6-25(12)9-18(26)27;1-2(3)4/h4-5,7,12,16-17H,1-3,6,8-11H2,(H,24,28)(H,26,27);1H3,(H,3,4). The van der Waals surface area contributed by atoms with E-state index in [1.165, 1.54) is 12.1 Å². The molecule has 192 valence electrons. The summed E-state index contributed by atoms with van der Waals surface area (Å²) in [5, 5.41) is 19.1. The number of hydrogen-bond donors (Lipinski definition) is 3. The van der Waals surface area contributed by atoms with Crippen LogP contribution >= 0.6 is 0 Å². The highest BCUT2D eigenvalue weighted by molar-refractivity contribution is 5.97. The van der Waals surface area contributed by atoms with E-state index in [0.717, 1.165) is 25.8 Å². The van der Waals surface area contributed by atoms with E-state index in [4.69, 9.17) is 24.5 Å². The molecule has 34 heavy (non-hydrogen) atoms. The van der Waals surface area contributed by atoms with Crippen LogP contribution in [0.5, 0.6) is 11.5 Å². The van der Waals surface area contributed by atoms with Gasteiger partial charge in [-0.25, -0.2) is 17.6 Å². The summed E-state index contributed by atoms with van der Waals surface area (Å²) in [5.41, 5.74) is -0.136. The first-order valence-electron chi connectivity index (χ1n) is 10.4. The monoisotopic (exact) mass is 496 g/mol. The molecule has 0 saturated carbocycles. The first-order chi connectivity index (χ1) is 16.0. The minimum atomic E-state index is -2.76. The zero-order chi connectivity index (χ0) is 25.7. The van der Waals surface area contributed by atoms with Crippen LogP contribution in [0.4, 0.5) is 17.6 Å². The summed E-state index contributed by atoms with van der Waals surface area (Å²) in [6.45, 7) is -0.160. The maximum Gasteiger partial charge on any atom is 0.317 e. The fourth-order valence-corrected chi connectivity index (χ4v) is 3.19. The van der Waals surface area contributed by atoms with Gasteiger partial charge in [-0.1, -0.05) is 6.42 Å². The van der Waals surface area contributed by atoms with E-state index < -0.39 is 43.9 Å². The van der Waals surface area contributed by atoms with Crippen molar-refractivity contribution in [1.29, 1.82) is 0 Å². The SMILES string of the molecule is CC(=O)O.O=C(O)CN1CCCCC1CNC(=O)c1cc(OCC(F)F)ccc1OCC(F)F. The molecule has 1 atom stereocenters. The molecule has 1 aliphatic heterocycles. The summed E-state index contributed by atoms with van der Waals surface area (Å²) in [6, 6.07) is 3.40. The molecule has 0 aliphatic carbocycles. The lowest BCUT2D eigenvalue weighted by molar-refractivity contribution is -0.139. The van der Waals surface area contributed by atoms with Gasteiger partial charge in [0.15, 0.2) is 0 Å². The largest absolute Gasteiger partial charge is 0.488 e. The molecule has 0 aromatic heterocycles. The van der Waals surface area contributed by atoms with Gasteiger partial charge < -0.3 is 25.0 Å². The number of carbonyl (C=O) groups excluding carboxylic acids is 1. The van der Waals surface area contributed by atoms with Crippen LogP contribution in [0, 0.1) is 0 Å². The third-order valence-electron chi connectivity index (χ3n) is 4.52. The number of ether oxygens (including phenoxy) is 2. The Balaban J connectivity index is 0.00000133. The number of amides is 1. The molecule has 0 spiro atoms. The van der Waals surface area contributed by atoms with E-state index in [0.29, 0.717) is 13.0 Å². The number of hydrogen-bond acceptors (Lipinski definition) is 6. The fraction of sp³-hybridized carbons (Fsp3) is 0.571. The number of benzene rings is 1. The number of halogens is 4. The van der Waals surface area contributed by atoms with Crippen LogP contribution in [-0.2, 0) is 9.59 Å². The maximum atomic E-state index is 12.7. The minimum absolute atomic E-state index is 0.0324. The highest BCUT2D eigenvalue weighted by Gasteiger charge is 2.25. The highest BCUT2D eigenvalue weighted by atomic mass is 19.3. The maximum absolute atomic E-state index is 12.7. The second kappa shape index (κ2) is 14.9. The fourth-order valence-electron chi connectivity index (χ4n) is 3.19. The molecule has 3 N–H and O–H groups in total. The van der Waals surface area contributed by atoms with Gasteiger partial charge in [0.25, 0.3) is 24.7 Å². The molecule has 0 bridgehead atoms. The zero-order valence-corrected chi connectivity index (χ0v) is 18.5. The first kappa shape index (κ1) is 28.9. The molecule has 0 radical (unpaired) electrons. The van der Waals surface area contributed by atoms with Crippen LogP contribution in [0.1, 0.15) is 36.5 Å². The molecular weight excluding hydrogens is 468 g/mol. The Morgan fingerprint density at radius 3 is 2.29 bits per heavy atom. The second-order valence-corrected chi connectivity index (χ2v) is 7.31. The molecule has 1 heterocycles. The van der Waals surface area contributed by atoms with Gasteiger partial charge in [-0.15, -0.1) is 0 Å². The Morgan fingerprint density at radius 1 is 1.09 bits per heavy atom. The molecule has 1 aliphatic rings. The summed E-state index contributed by atoms with van der Waals surface area (Å²) < 4.78 is 59.6. The van der Waals surface area contributed by atoms with Crippen molar-refractivity contribution >= 4 is 17.8 Å². The van der Waals surface area contributed by atoms with Crippen molar-refractivity contribution in [2.24, 2.45) is 0 Å². The van der Waals surface area contributed by atoms with Crippen LogP contribution < -0.4 is 14.8 Å². The van der Waals surface area contributed by atoms with Crippen molar-refractivity contribution < 1.29 is 51.6 Å². The predicted octanol–water partition coefficient (Wildman–Crippen LogP) is 2.73. The highest BCUT2D eigenvalue weighted by Crippen LogP contribution is 2.25. The van der Waals surface area contributed by atoms with Crippen LogP contribution in [0.2, 0.25) is 0 Å². The van der Waals surface area contributed by atoms with E-state index in [9.17, 15) is 27.2 Å². The van der Waals surface area contributed by atoms with Crippen molar-refractivity contribution in [1.82, 2.24) is 10.2 Å². The number of aliphatic carboxylic acids is 2. The molecule has 9 nitrogen and oxygen atoms in total. The van der Waals surface area contributed by atoms with Crippen molar-refractivity contribution in [2.75, 3.05) is 32.8 Å². The van der Waals surface area contributed by atoms with Gasteiger partial charge in [0, 0.05) is 19.5 Å². The van der Waals surface area contributed by atoms with E-state index in [1.807, 2.05) is 0 Å². The van der Waals surface area contributed by atoms with Crippen LogP contribution in [0.3, 0.4) is 0 Å². The summed E-state index contributed by atoms with van der Waals surface area (Å²) in [6.07, 6.45) is -3.05. The van der Waals surface area contributed by atoms with Crippen LogP contribution in [-0.4, -0.2) is 84.7 Å². The number of carboxylic acid groups (broad SMARTS) is 2. The smallest absolute Gasteiger partial charge is 0.317 e. The number of nitrogens with zero attached hydrogens (tertiary/aromatic N) is 1. The van der Waals surface area contributed by atoms with E-state index in [2.05, 4.69) is 5.32 Å². The van der Waals surface area contributed by atoms with Crippen molar-refractivity contribution in [3.8, 4) is 11.5 Å². The zero-order valence-electron chi connectivity index (χ0n) is 18.5. The number of piperidine rings is 1. The quantitative estimate of drug-likeness (QED) is 0.400. The number of carboxylic acids is 2. The topological polar surface area (TPSA) is 125 Å². The van der Waals surface area contributed by atoms with Gasteiger partial charge in [-0.3, -0.25) is 19.3 Å². The van der Waals surface area contributed by atoms with Gasteiger partial charge in [-0.05, 0) is 37.6 Å². The summed E-state index contributed by atoms with van der Waals surface area (Å²) in [7, 11) is 0. The first-order valence-corrected chi connectivity index (χ1v) is 10.4. The Bertz CT molecular complexity index is 807. The van der Waals surface area contributed by atoms with E-state index in [1.54, 1.807) is 4.90 Å². The second-order valence-electron chi connectivity index (χ2n) is 7.31. The normalized spacial score (nSPS) is 15.9. The summed E-state index contributed by atoms with van der Waals surface area (Å²) in [4.78, 5) is 34.4. The molecule has 1 saturated heterocycles. The molecule has 1 amide bonds. The number of nitrogens with one attached hydrogen (secondary N) is 1. The third kappa shape index (κ3) is 11.7. The van der Waals surface area contributed by atoms with Crippen LogP contribution in [0.25, 0.3) is 0 Å². The van der Waals surface area contributed by atoms with Gasteiger partial charge >= 0.3 is 5.97 Å². The Hall–Kier alpha value is -3.09. The minimum Gasteiger partial charge on any atom is -0.488 e. The average molecular weight is 496 g/mol. The Labute approximate surface area is 193 Å². The summed E-state index contributed by atoms with van der Waals surface area (Å²) >= 11 is 0. The van der Waals surface area contributed by atoms with Crippen molar-refractivity contribution in [3.63, 3.8) is 0 Å². The van der Waals surface area contributed by atoms with Crippen molar-refractivity contribution in [3.05, 3.63) is 23.8 Å². The summed E-state index contributed by atoms with van der Waals surface area (Å²) in [5.74, 6) is -2.64. The van der Waals surface area contributed by atoms with E-state index >= 15 is 0 Å². The molecule has 1 aromatic carbocycles. The van der Waals surface area contributed by atoms with Gasteiger partial charge in [0.1, 0.15) is 24.7 Å². The lowest BCUT2D eigenvalue weighted by atomic mass is 10.0. The number of rotatable bonds is 11. The van der Waals surface area contributed by atoms with Crippen molar-refractivity contribution in [2.45, 2.75) is 45.1 Å². The van der Waals surface area contributed by atoms with Gasteiger partial charge in [0.05, 0.1) is 12.1 Å². The Kier molecular flexibility index (Phi) is 12.7. The molecule has 1 unspecified atom stereocenters. The molecular formula is C21H28F4N2O7. The van der Waals surface area contributed by atoms with E-state index in [-0.39, 0.29) is 36.2 Å². The number of alkyl halides is 4. The molecule has 2 rings (SSSR count). The lowest BCUT2D eigenvalue weighted by Gasteiger charge is -2.34. The molecule has 1 fully saturated rings. The van der Waals surface area contributed by atoms with Gasteiger partial charge in [0.2, 0.25) is 0 Å². The number of carbonyl (C=O) groups is 3.